The Labute approximate surface area is 140 Å². The summed E-state index contributed by atoms with van der Waals surface area (Å²) in [7, 11) is 9.12. The van der Waals surface area contributed by atoms with Crippen LogP contribution in [-0.4, -0.2) is 92.3 Å². The summed E-state index contributed by atoms with van der Waals surface area (Å²) in [4.78, 5) is 13.4. The van der Waals surface area contributed by atoms with E-state index in [9.17, 15) is 13.2 Å². The number of hydrogen-bond donors (Lipinski definition) is 0. The molecule has 11 heteroatoms. The molecule has 0 bridgehead atoms. The average Bonchev–Trinajstić information content (AvgIpc) is 2.75. The molecule has 0 aromatic carbocycles. The third kappa shape index (κ3) is 13.6. The lowest BCUT2D eigenvalue weighted by molar-refractivity contribution is -0.126. The van der Waals surface area contributed by atoms with E-state index < -0.39 is 10.0 Å². The van der Waals surface area contributed by atoms with Gasteiger partial charge in [-0.1, -0.05) is 12.5 Å². The quantitative estimate of drug-likeness (QED) is 0.707. The summed E-state index contributed by atoms with van der Waals surface area (Å²) in [5, 5.41) is 10.9. The molecule has 1 amide bonds. The monoisotopic (exact) mass is 353 g/mol. The smallest absolute Gasteiger partial charge is 0.244 e. The lowest BCUT2D eigenvalue weighted by Crippen LogP contribution is -2.19. The lowest BCUT2D eigenvalue weighted by Gasteiger charge is -2.06. The van der Waals surface area contributed by atoms with E-state index in [0.717, 1.165) is 16.5 Å². The SMILES string of the molecule is C.CC(=O)N(C)C.CN(C)S(C)(=O)=O.CN(C)c1nnnn1C. The average molecular weight is 353 g/mol. The standard InChI is InChI=1S/C4H9N5.C4H9NO.C3H9NO2S.CH4/c1-8(2)4-5-6-7-9(4)3;1-4(6)5(2)3;1-4(2)7(3,5)6;/h1-3H3;1-3H3;1-3H3;1H4. The molecule has 1 rings (SSSR count). The molecule has 0 fully saturated rings. The number of carbonyl (C=O) groups excluding carboxylic acids is 1. The maximum Gasteiger partial charge on any atom is 0.244 e. The van der Waals surface area contributed by atoms with Crippen molar-refractivity contribution in [1.29, 1.82) is 0 Å². The highest BCUT2D eigenvalue weighted by Gasteiger charge is 2.01. The molecule has 138 valence electrons. The van der Waals surface area contributed by atoms with Crippen molar-refractivity contribution in [3.63, 3.8) is 0 Å². The first kappa shape index (κ1) is 26.2. The van der Waals surface area contributed by atoms with Crippen molar-refractivity contribution in [3.8, 4) is 0 Å². The third-order valence-corrected chi connectivity index (χ3v) is 3.62. The third-order valence-electron chi connectivity index (χ3n) is 2.29. The highest BCUT2D eigenvalue weighted by Crippen LogP contribution is 1.98. The highest BCUT2D eigenvalue weighted by atomic mass is 32.2. The van der Waals surface area contributed by atoms with Gasteiger partial charge in [0.05, 0.1) is 6.26 Å². The second-order valence-corrected chi connectivity index (χ2v) is 7.15. The van der Waals surface area contributed by atoms with Crippen LogP contribution >= 0.6 is 0 Å². The Kier molecular flexibility index (Phi) is 13.4. The van der Waals surface area contributed by atoms with E-state index >= 15 is 0 Å². The van der Waals surface area contributed by atoms with Crippen molar-refractivity contribution in [1.82, 2.24) is 29.4 Å². The van der Waals surface area contributed by atoms with Crippen LogP contribution in [0.2, 0.25) is 0 Å². The van der Waals surface area contributed by atoms with Gasteiger partial charge < -0.3 is 9.80 Å². The van der Waals surface area contributed by atoms with Gasteiger partial charge in [0.2, 0.25) is 21.9 Å². The molecule has 0 aliphatic carbocycles. The molecule has 0 atom stereocenters. The van der Waals surface area contributed by atoms with Gasteiger partial charge in [0, 0.05) is 56.3 Å². The van der Waals surface area contributed by atoms with Crippen LogP contribution in [-0.2, 0) is 21.9 Å². The van der Waals surface area contributed by atoms with Crippen LogP contribution in [0.15, 0.2) is 0 Å². The molecule has 0 N–H and O–H groups in total. The maximum absolute atomic E-state index is 10.3. The topological polar surface area (TPSA) is 105 Å². The summed E-state index contributed by atoms with van der Waals surface area (Å²) >= 11 is 0. The zero-order valence-electron chi connectivity index (χ0n) is 14.8. The molecule has 1 heterocycles. The predicted octanol–water partition coefficient (Wildman–Crippen LogP) is -0.486. The van der Waals surface area contributed by atoms with Gasteiger partial charge in [-0.15, -0.1) is 0 Å². The van der Waals surface area contributed by atoms with Gasteiger partial charge in [-0.3, -0.25) is 4.79 Å². The van der Waals surface area contributed by atoms with Crippen molar-refractivity contribution in [3.05, 3.63) is 0 Å². The molecule has 1 aromatic heterocycles. The van der Waals surface area contributed by atoms with E-state index in [2.05, 4.69) is 15.5 Å². The Balaban J connectivity index is -0.000000262. The maximum atomic E-state index is 10.3. The number of anilines is 1. The Bertz CT molecular complexity index is 539. The van der Waals surface area contributed by atoms with Crippen LogP contribution in [0.25, 0.3) is 0 Å². The second-order valence-electron chi connectivity index (χ2n) is 4.96. The lowest BCUT2D eigenvalue weighted by atomic mass is 10.7. The summed E-state index contributed by atoms with van der Waals surface area (Å²) in [6.07, 6.45) is 1.16. The minimum absolute atomic E-state index is 0. The zero-order chi connectivity index (χ0) is 18.1. The van der Waals surface area contributed by atoms with Crippen LogP contribution in [0.1, 0.15) is 14.4 Å². The summed E-state index contributed by atoms with van der Waals surface area (Å²) in [6.45, 7) is 1.53. The first-order valence-corrected chi connectivity index (χ1v) is 8.10. The van der Waals surface area contributed by atoms with Gasteiger partial charge in [-0.05, 0) is 10.4 Å². The molecule has 0 radical (unpaired) electrons. The number of sulfonamides is 1. The Morgan fingerprint density at radius 2 is 1.43 bits per heavy atom. The van der Waals surface area contributed by atoms with Gasteiger partial charge in [-0.2, -0.15) is 0 Å². The molecule has 23 heavy (non-hydrogen) atoms. The molecule has 10 nitrogen and oxygen atoms in total. The number of nitrogens with zero attached hydrogens (tertiary/aromatic N) is 7. The van der Waals surface area contributed by atoms with Crippen LogP contribution in [0, 0.1) is 0 Å². The minimum atomic E-state index is -2.91. The number of amides is 1. The summed E-state index contributed by atoms with van der Waals surface area (Å²) < 4.78 is 23.3. The zero-order valence-corrected chi connectivity index (χ0v) is 15.6. The van der Waals surface area contributed by atoms with Gasteiger partial charge >= 0.3 is 0 Å². The van der Waals surface area contributed by atoms with Gasteiger partial charge in [0.15, 0.2) is 0 Å². The van der Waals surface area contributed by atoms with Crippen molar-refractivity contribution in [2.75, 3.05) is 53.4 Å². The number of tetrazole rings is 1. The molecular formula is C12H31N7O3S. The second kappa shape index (κ2) is 11.8. The Morgan fingerprint density at radius 3 is 1.52 bits per heavy atom. The van der Waals surface area contributed by atoms with Crippen molar-refractivity contribution in [2.45, 2.75) is 14.4 Å². The number of hydrogen-bond acceptors (Lipinski definition) is 7. The van der Waals surface area contributed by atoms with E-state index in [-0.39, 0.29) is 13.3 Å². The van der Waals surface area contributed by atoms with Crippen LogP contribution in [0.4, 0.5) is 5.95 Å². The van der Waals surface area contributed by atoms with Crippen molar-refractivity contribution < 1.29 is 13.2 Å². The fraction of sp³-hybridized carbons (Fsp3) is 0.833. The predicted molar refractivity (Wildman–Crippen MR) is 92.8 cm³/mol. The van der Waals surface area contributed by atoms with Gasteiger partial charge in [-0.25, -0.2) is 17.4 Å². The fourth-order valence-electron chi connectivity index (χ4n) is 0.604. The molecular weight excluding hydrogens is 322 g/mol. The van der Waals surface area contributed by atoms with Crippen LogP contribution in [0.5, 0.6) is 0 Å². The minimum Gasteiger partial charge on any atom is -0.349 e. The Hall–Kier alpha value is -1.75. The molecule has 0 aliphatic heterocycles. The first-order chi connectivity index (χ1) is 9.80. The number of carbonyl (C=O) groups is 1. The van der Waals surface area contributed by atoms with Gasteiger partial charge in [0.1, 0.15) is 0 Å². The molecule has 0 unspecified atom stereocenters. The first-order valence-electron chi connectivity index (χ1n) is 6.25. The molecule has 0 spiro atoms. The van der Waals surface area contributed by atoms with E-state index in [4.69, 9.17) is 0 Å². The van der Waals surface area contributed by atoms with E-state index in [1.807, 2.05) is 19.0 Å². The number of aromatic nitrogens is 4. The molecule has 0 saturated carbocycles. The Morgan fingerprint density at radius 1 is 1.09 bits per heavy atom. The van der Waals surface area contributed by atoms with Crippen LogP contribution < -0.4 is 4.90 Å². The fourth-order valence-corrected chi connectivity index (χ4v) is 0.604. The van der Waals surface area contributed by atoms with E-state index in [1.54, 1.807) is 25.8 Å². The van der Waals surface area contributed by atoms with E-state index in [1.165, 1.54) is 25.9 Å². The number of aryl methyl sites for hydroxylation is 1. The number of rotatable bonds is 2. The van der Waals surface area contributed by atoms with Gasteiger partial charge in [0.25, 0.3) is 0 Å². The summed E-state index contributed by atoms with van der Waals surface area (Å²) in [6, 6.07) is 0. The normalized spacial score (nSPS) is 9.65. The van der Waals surface area contributed by atoms with E-state index in [0.29, 0.717) is 0 Å². The van der Waals surface area contributed by atoms with Crippen molar-refractivity contribution >= 4 is 21.9 Å². The highest BCUT2D eigenvalue weighted by molar-refractivity contribution is 7.88. The summed E-state index contributed by atoms with van der Waals surface area (Å²) in [5.41, 5.74) is 0. The molecule has 1 aromatic rings. The van der Waals surface area contributed by atoms with Crippen molar-refractivity contribution in [2.24, 2.45) is 7.05 Å². The molecule has 0 saturated heterocycles. The van der Waals surface area contributed by atoms with Crippen LogP contribution in [0.3, 0.4) is 0 Å². The molecule has 0 aliphatic rings. The largest absolute Gasteiger partial charge is 0.349 e. The summed E-state index contributed by atoms with van der Waals surface area (Å²) in [5.74, 6) is 0.852.